The minimum absolute atomic E-state index is 0.0219. The number of benzene rings is 1. The molecule has 2 aromatic heterocycles. The monoisotopic (exact) mass is 448 g/mol. The summed E-state index contributed by atoms with van der Waals surface area (Å²) in [5, 5.41) is 15.2. The first-order valence-electron chi connectivity index (χ1n) is 9.98. The Hall–Kier alpha value is -3.20. The van der Waals surface area contributed by atoms with Gasteiger partial charge < -0.3 is 10.4 Å². The molecular weight excluding hydrogens is 421 g/mol. The van der Waals surface area contributed by atoms with Crippen molar-refractivity contribution in [1.29, 1.82) is 0 Å². The lowest BCUT2D eigenvalue weighted by Crippen LogP contribution is -2.29. The highest BCUT2D eigenvalue weighted by molar-refractivity contribution is 5.73. The van der Waals surface area contributed by atoms with Crippen LogP contribution in [0.15, 0.2) is 60.9 Å². The van der Waals surface area contributed by atoms with Gasteiger partial charge >= 0.3 is 12.1 Å². The second kappa shape index (κ2) is 10.4. The van der Waals surface area contributed by atoms with Gasteiger partial charge in [-0.25, -0.2) is 4.79 Å². The highest BCUT2D eigenvalue weighted by Crippen LogP contribution is 2.22. The number of nitrogens with zero attached hydrogens (tertiary/aromatic N) is 3. The first kappa shape index (κ1) is 25.1. The van der Waals surface area contributed by atoms with Crippen LogP contribution in [0.25, 0.3) is 11.3 Å². The third-order valence-corrected chi connectivity index (χ3v) is 4.50. The van der Waals surface area contributed by atoms with Gasteiger partial charge in [0.25, 0.3) is 0 Å². The Bertz CT molecular complexity index is 1010. The van der Waals surface area contributed by atoms with Crippen molar-refractivity contribution in [3.05, 3.63) is 72.2 Å². The number of carboxylic acids is 1. The molecule has 3 aromatic rings. The average molecular weight is 448 g/mol. The number of carbonyl (C=O) groups is 1. The maximum atomic E-state index is 10.6. The van der Waals surface area contributed by atoms with E-state index in [-0.39, 0.29) is 11.6 Å². The number of alkyl halides is 3. The fraction of sp³-hybridized carbons (Fsp3) is 0.348. The van der Waals surface area contributed by atoms with Gasteiger partial charge in [-0.3, -0.25) is 9.67 Å². The lowest BCUT2D eigenvalue weighted by atomic mass is 10.1. The molecule has 3 rings (SSSR count). The highest BCUT2D eigenvalue weighted by atomic mass is 19.4. The number of halogens is 3. The molecule has 0 bridgehead atoms. The van der Waals surface area contributed by atoms with Gasteiger partial charge in [0.15, 0.2) is 0 Å². The third kappa shape index (κ3) is 7.19. The van der Waals surface area contributed by atoms with Crippen LogP contribution in [0.1, 0.15) is 45.0 Å². The van der Waals surface area contributed by atoms with E-state index in [9.17, 15) is 13.2 Å². The first-order chi connectivity index (χ1) is 14.9. The van der Waals surface area contributed by atoms with E-state index in [1.807, 2.05) is 30.6 Å². The molecule has 6 nitrogen and oxygen atoms in total. The third-order valence-electron chi connectivity index (χ3n) is 4.50. The Kier molecular flexibility index (Phi) is 8.15. The standard InChI is InChI=1S/C21H26N4.C2HF3O2/c1-16(20-11-13-24-25(20)21(2,3)4)23-15-17-10-12-22-19(14-17)18-8-6-5-7-9-18;3-2(4,5)1(6)7/h5-14,16,23H,15H2,1-4H3;(H,6,7). The molecule has 1 aromatic carbocycles. The van der Waals surface area contributed by atoms with Crippen LogP contribution in [-0.2, 0) is 16.9 Å². The van der Waals surface area contributed by atoms with Crippen molar-refractivity contribution in [2.24, 2.45) is 0 Å². The number of hydrogen-bond acceptors (Lipinski definition) is 4. The molecule has 0 aliphatic rings. The van der Waals surface area contributed by atoms with Crippen molar-refractivity contribution in [2.75, 3.05) is 0 Å². The summed E-state index contributed by atoms with van der Waals surface area (Å²) in [5.41, 5.74) is 4.55. The minimum Gasteiger partial charge on any atom is -0.475 e. The average Bonchev–Trinajstić information content (AvgIpc) is 3.23. The number of aromatic nitrogens is 3. The van der Waals surface area contributed by atoms with Gasteiger partial charge in [-0.2, -0.15) is 18.3 Å². The molecule has 0 saturated heterocycles. The molecule has 2 heterocycles. The lowest BCUT2D eigenvalue weighted by molar-refractivity contribution is -0.192. The van der Waals surface area contributed by atoms with Gasteiger partial charge in [0, 0.05) is 30.5 Å². The molecule has 0 fully saturated rings. The minimum atomic E-state index is -5.08. The van der Waals surface area contributed by atoms with Crippen LogP contribution in [0.4, 0.5) is 13.2 Å². The van der Waals surface area contributed by atoms with Crippen LogP contribution >= 0.6 is 0 Å². The number of pyridine rings is 1. The molecule has 1 atom stereocenters. The Morgan fingerprint density at radius 1 is 1.09 bits per heavy atom. The number of aliphatic carboxylic acids is 1. The summed E-state index contributed by atoms with van der Waals surface area (Å²) in [4.78, 5) is 13.4. The van der Waals surface area contributed by atoms with E-state index < -0.39 is 12.1 Å². The summed E-state index contributed by atoms with van der Waals surface area (Å²) in [6.07, 6.45) is -1.33. The van der Waals surface area contributed by atoms with Gasteiger partial charge in [0.2, 0.25) is 0 Å². The molecular formula is C23H27F3N4O2. The van der Waals surface area contributed by atoms with Crippen LogP contribution in [0.5, 0.6) is 0 Å². The van der Waals surface area contributed by atoms with Gasteiger partial charge in [-0.15, -0.1) is 0 Å². The van der Waals surface area contributed by atoms with E-state index in [2.05, 4.69) is 78.1 Å². The van der Waals surface area contributed by atoms with Crippen molar-refractivity contribution in [2.45, 2.75) is 52.0 Å². The quantitative estimate of drug-likeness (QED) is 0.562. The van der Waals surface area contributed by atoms with Crippen molar-refractivity contribution >= 4 is 5.97 Å². The van der Waals surface area contributed by atoms with Gasteiger partial charge in [0.1, 0.15) is 0 Å². The van der Waals surface area contributed by atoms with Crippen LogP contribution in [-0.4, -0.2) is 32.0 Å². The molecule has 0 amide bonds. The molecule has 0 radical (unpaired) electrons. The first-order valence-corrected chi connectivity index (χ1v) is 9.98. The van der Waals surface area contributed by atoms with Crippen LogP contribution < -0.4 is 5.32 Å². The van der Waals surface area contributed by atoms with E-state index >= 15 is 0 Å². The smallest absolute Gasteiger partial charge is 0.475 e. The molecule has 0 saturated carbocycles. The normalized spacial score (nSPS) is 12.6. The van der Waals surface area contributed by atoms with Crippen LogP contribution in [0.3, 0.4) is 0 Å². The Balaban J connectivity index is 0.000000451. The fourth-order valence-corrected chi connectivity index (χ4v) is 2.93. The highest BCUT2D eigenvalue weighted by Gasteiger charge is 2.38. The second-order valence-corrected chi connectivity index (χ2v) is 8.16. The molecule has 1 unspecified atom stereocenters. The summed E-state index contributed by atoms with van der Waals surface area (Å²) >= 11 is 0. The fourth-order valence-electron chi connectivity index (χ4n) is 2.93. The second-order valence-electron chi connectivity index (χ2n) is 8.16. The Morgan fingerprint density at radius 3 is 2.28 bits per heavy atom. The number of hydrogen-bond donors (Lipinski definition) is 2. The summed E-state index contributed by atoms with van der Waals surface area (Å²) in [7, 11) is 0. The Morgan fingerprint density at radius 2 is 1.72 bits per heavy atom. The molecule has 0 spiro atoms. The SMILES string of the molecule is CC(NCc1ccnc(-c2ccccc2)c1)c1ccnn1C(C)(C)C.O=C(O)C(F)(F)F. The Labute approximate surface area is 185 Å². The molecule has 2 N–H and O–H groups in total. The zero-order chi connectivity index (χ0) is 23.9. The van der Waals surface area contributed by atoms with Crippen molar-refractivity contribution in [3.8, 4) is 11.3 Å². The van der Waals surface area contributed by atoms with Crippen LogP contribution in [0.2, 0.25) is 0 Å². The van der Waals surface area contributed by atoms with Crippen LogP contribution in [0, 0.1) is 0 Å². The van der Waals surface area contributed by atoms with Gasteiger partial charge in [-0.05, 0) is 51.5 Å². The molecule has 0 aliphatic carbocycles. The van der Waals surface area contributed by atoms with Crippen molar-refractivity contribution in [3.63, 3.8) is 0 Å². The zero-order valence-corrected chi connectivity index (χ0v) is 18.4. The maximum absolute atomic E-state index is 10.6. The number of nitrogens with one attached hydrogen (secondary N) is 1. The van der Waals surface area contributed by atoms with Crippen molar-refractivity contribution < 1.29 is 23.1 Å². The number of carboxylic acid groups (broad SMARTS) is 1. The van der Waals surface area contributed by atoms with E-state index in [1.54, 1.807) is 0 Å². The number of rotatable bonds is 5. The predicted octanol–water partition coefficient (Wildman–Crippen LogP) is 5.18. The predicted molar refractivity (Wildman–Crippen MR) is 116 cm³/mol. The molecule has 9 heteroatoms. The topological polar surface area (TPSA) is 80.0 Å². The van der Waals surface area contributed by atoms with E-state index in [1.165, 1.54) is 11.3 Å². The molecule has 172 valence electrons. The summed E-state index contributed by atoms with van der Waals surface area (Å²) < 4.78 is 33.8. The van der Waals surface area contributed by atoms with E-state index in [0.717, 1.165) is 17.8 Å². The lowest BCUT2D eigenvalue weighted by Gasteiger charge is -2.25. The van der Waals surface area contributed by atoms with E-state index in [0.29, 0.717) is 0 Å². The van der Waals surface area contributed by atoms with Gasteiger partial charge in [-0.1, -0.05) is 30.3 Å². The molecule has 0 aliphatic heterocycles. The van der Waals surface area contributed by atoms with E-state index in [4.69, 9.17) is 9.90 Å². The van der Waals surface area contributed by atoms with Gasteiger partial charge in [0.05, 0.1) is 16.9 Å². The summed E-state index contributed by atoms with van der Waals surface area (Å²) in [6.45, 7) is 9.49. The molecule has 32 heavy (non-hydrogen) atoms. The maximum Gasteiger partial charge on any atom is 0.490 e. The van der Waals surface area contributed by atoms with Crippen molar-refractivity contribution in [1.82, 2.24) is 20.1 Å². The largest absolute Gasteiger partial charge is 0.490 e. The summed E-state index contributed by atoms with van der Waals surface area (Å²) in [5.74, 6) is -2.76. The summed E-state index contributed by atoms with van der Waals surface area (Å²) in [6, 6.07) is 16.8. The zero-order valence-electron chi connectivity index (χ0n) is 18.4.